The molecule has 3 nitrogen and oxygen atoms in total. The maximum absolute atomic E-state index is 5.64. The quantitative estimate of drug-likeness (QED) is 0.413. The molecule has 1 heterocycles. The van der Waals surface area contributed by atoms with Gasteiger partial charge in [0.1, 0.15) is 16.5 Å². The van der Waals surface area contributed by atoms with Gasteiger partial charge in [-0.15, -0.1) is 22.9 Å². The van der Waals surface area contributed by atoms with Crippen LogP contribution in [0.5, 0.6) is 11.5 Å². The number of hydrogen-bond donors (Lipinski definition) is 0. The highest BCUT2D eigenvalue weighted by Gasteiger charge is 2.03. The van der Waals surface area contributed by atoms with Gasteiger partial charge in [-0.05, 0) is 48.4 Å². The average Bonchev–Trinajstić information content (AvgIpc) is 3.03. The Morgan fingerprint density at radius 2 is 1.88 bits per heavy atom. The van der Waals surface area contributed by atoms with Crippen LogP contribution in [0.1, 0.15) is 17.0 Å². The van der Waals surface area contributed by atoms with E-state index in [0.29, 0.717) is 12.5 Å². The van der Waals surface area contributed by atoms with Crippen molar-refractivity contribution >= 4 is 45.3 Å². The molecule has 0 unspecified atom stereocenters. The molecule has 0 aliphatic rings. The lowest BCUT2D eigenvalue weighted by Gasteiger charge is -2.04. The van der Waals surface area contributed by atoms with Gasteiger partial charge in [-0.1, -0.05) is 18.2 Å². The summed E-state index contributed by atoms with van der Waals surface area (Å²) in [5.74, 6) is 2.34. The number of ether oxygens (including phenoxy) is 2. The van der Waals surface area contributed by atoms with Gasteiger partial charge in [0.2, 0.25) is 0 Å². The molecular weight excluding hydrogens is 342 g/mol. The normalized spacial score (nSPS) is 11.2. The number of halogens is 1. The Morgan fingerprint density at radius 3 is 2.62 bits per heavy atom. The Kier molecular flexibility index (Phi) is 5.72. The van der Waals surface area contributed by atoms with Crippen LogP contribution in [0, 0.1) is 0 Å². The van der Waals surface area contributed by atoms with Crippen LogP contribution in [0.4, 0.5) is 0 Å². The van der Waals surface area contributed by atoms with Crippen LogP contribution in [-0.4, -0.2) is 24.6 Å². The van der Waals surface area contributed by atoms with Gasteiger partial charge in [-0.25, -0.2) is 4.98 Å². The lowest BCUT2D eigenvalue weighted by atomic mass is 10.2. The minimum Gasteiger partial charge on any atom is -0.497 e. The zero-order valence-electron chi connectivity index (χ0n) is 13.4. The van der Waals surface area contributed by atoms with Crippen molar-refractivity contribution in [2.45, 2.75) is 6.42 Å². The molecule has 0 radical (unpaired) electrons. The molecule has 3 rings (SSSR count). The van der Waals surface area contributed by atoms with Crippen molar-refractivity contribution in [2.24, 2.45) is 0 Å². The van der Waals surface area contributed by atoms with Crippen LogP contribution in [0.25, 0.3) is 22.4 Å². The highest BCUT2D eigenvalue weighted by atomic mass is 35.5. The van der Waals surface area contributed by atoms with Crippen molar-refractivity contribution in [3.63, 3.8) is 0 Å². The Hall–Kier alpha value is -2.04. The second-order valence-electron chi connectivity index (χ2n) is 5.18. The average molecular weight is 360 g/mol. The fourth-order valence-corrected chi connectivity index (χ4v) is 3.22. The van der Waals surface area contributed by atoms with Crippen molar-refractivity contribution in [1.29, 1.82) is 0 Å². The van der Waals surface area contributed by atoms with Gasteiger partial charge in [0.15, 0.2) is 0 Å². The number of aromatic nitrogens is 1. The number of methoxy groups -OCH3 is 1. The number of benzene rings is 2. The third-order valence-corrected chi connectivity index (χ3v) is 4.71. The highest BCUT2D eigenvalue weighted by Crippen LogP contribution is 2.27. The summed E-state index contributed by atoms with van der Waals surface area (Å²) >= 11 is 7.29. The van der Waals surface area contributed by atoms with E-state index in [0.717, 1.165) is 38.7 Å². The summed E-state index contributed by atoms with van der Waals surface area (Å²) in [5, 5.41) is 0.973. The predicted octanol–water partition coefficient (Wildman–Crippen LogP) is 5.48. The molecule has 0 amide bonds. The first-order valence-electron chi connectivity index (χ1n) is 7.70. The monoisotopic (exact) mass is 359 g/mol. The Balaban J connectivity index is 1.68. The summed E-state index contributed by atoms with van der Waals surface area (Å²) < 4.78 is 12.0. The minimum atomic E-state index is 0.620. The second kappa shape index (κ2) is 8.18. The van der Waals surface area contributed by atoms with Gasteiger partial charge in [0.25, 0.3) is 0 Å². The number of hydrogen-bond acceptors (Lipinski definition) is 4. The molecule has 24 heavy (non-hydrogen) atoms. The van der Waals surface area contributed by atoms with Gasteiger partial charge in [0, 0.05) is 5.88 Å². The topological polar surface area (TPSA) is 31.4 Å². The molecule has 0 aliphatic heterocycles. The smallest absolute Gasteiger partial charge is 0.120 e. The Labute approximate surface area is 150 Å². The van der Waals surface area contributed by atoms with E-state index < -0.39 is 0 Å². The number of alkyl halides is 1. The minimum absolute atomic E-state index is 0.620. The van der Waals surface area contributed by atoms with E-state index in [4.69, 9.17) is 21.1 Å². The molecule has 0 aliphatic carbocycles. The summed E-state index contributed by atoms with van der Waals surface area (Å²) in [4.78, 5) is 4.61. The first kappa shape index (κ1) is 16.8. The predicted molar refractivity (Wildman–Crippen MR) is 102 cm³/mol. The summed E-state index contributed by atoms with van der Waals surface area (Å²) in [6, 6.07) is 13.9. The van der Waals surface area contributed by atoms with Crippen LogP contribution in [-0.2, 0) is 0 Å². The molecule has 0 saturated heterocycles. The van der Waals surface area contributed by atoms with E-state index >= 15 is 0 Å². The van der Waals surface area contributed by atoms with Gasteiger partial charge in [-0.2, -0.15) is 0 Å². The van der Waals surface area contributed by atoms with Gasteiger partial charge in [-0.3, -0.25) is 0 Å². The SMILES string of the molecule is COc1ccc2nc(C=Cc3ccc(OCCCCl)cc3)sc2c1. The lowest BCUT2D eigenvalue weighted by Crippen LogP contribution is -1.97. The van der Waals surface area contributed by atoms with Crippen LogP contribution < -0.4 is 9.47 Å². The zero-order valence-corrected chi connectivity index (χ0v) is 14.9. The van der Waals surface area contributed by atoms with Crippen molar-refractivity contribution in [1.82, 2.24) is 4.98 Å². The molecule has 0 fully saturated rings. The Morgan fingerprint density at radius 1 is 1.08 bits per heavy atom. The number of nitrogens with zero attached hydrogens (tertiary/aromatic N) is 1. The summed E-state index contributed by atoms with van der Waals surface area (Å²) in [6.45, 7) is 0.647. The van der Waals surface area contributed by atoms with Crippen molar-refractivity contribution in [3.8, 4) is 11.5 Å². The maximum atomic E-state index is 5.64. The summed E-state index contributed by atoms with van der Waals surface area (Å²) in [6.07, 6.45) is 4.93. The summed E-state index contributed by atoms with van der Waals surface area (Å²) in [7, 11) is 1.67. The van der Waals surface area contributed by atoms with Gasteiger partial charge in [0.05, 0.1) is 23.9 Å². The second-order valence-corrected chi connectivity index (χ2v) is 6.62. The first-order valence-corrected chi connectivity index (χ1v) is 9.05. The third-order valence-electron chi connectivity index (χ3n) is 3.46. The molecular formula is C19H18ClNO2S. The van der Waals surface area contributed by atoms with E-state index in [1.54, 1.807) is 18.4 Å². The third kappa shape index (κ3) is 4.28. The maximum Gasteiger partial charge on any atom is 0.120 e. The summed E-state index contributed by atoms with van der Waals surface area (Å²) in [5.41, 5.74) is 2.10. The molecule has 0 N–H and O–H groups in total. The number of rotatable bonds is 7. The Bertz CT molecular complexity index is 827. The number of thiazole rings is 1. The lowest BCUT2D eigenvalue weighted by molar-refractivity contribution is 0.318. The van der Waals surface area contributed by atoms with Gasteiger partial charge < -0.3 is 9.47 Å². The van der Waals surface area contributed by atoms with Gasteiger partial charge >= 0.3 is 0 Å². The van der Waals surface area contributed by atoms with Crippen LogP contribution in [0.3, 0.4) is 0 Å². The molecule has 0 bridgehead atoms. The van der Waals surface area contributed by atoms with Crippen molar-refractivity contribution in [3.05, 3.63) is 53.0 Å². The molecule has 0 saturated carbocycles. The van der Waals surface area contributed by atoms with E-state index in [1.807, 2.05) is 48.5 Å². The molecule has 3 aromatic rings. The van der Waals surface area contributed by atoms with Crippen LogP contribution >= 0.6 is 22.9 Å². The zero-order chi connectivity index (χ0) is 16.8. The van der Waals surface area contributed by atoms with Crippen molar-refractivity contribution < 1.29 is 9.47 Å². The molecule has 0 spiro atoms. The first-order chi connectivity index (χ1) is 11.8. The van der Waals surface area contributed by atoms with E-state index in [2.05, 4.69) is 11.1 Å². The molecule has 2 aromatic carbocycles. The molecule has 5 heteroatoms. The number of fused-ring (bicyclic) bond motifs is 1. The van der Waals surface area contributed by atoms with Crippen LogP contribution in [0.15, 0.2) is 42.5 Å². The largest absolute Gasteiger partial charge is 0.497 e. The molecule has 0 atom stereocenters. The van der Waals surface area contributed by atoms with E-state index in [9.17, 15) is 0 Å². The van der Waals surface area contributed by atoms with E-state index in [-0.39, 0.29) is 0 Å². The van der Waals surface area contributed by atoms with Crippen molar-refractivity contribution in [2.75, 3.05) is 19.6 Å². The van der Waals surface area contributed by atoms with Crippen LogP contribution in [0.2, 0.25) is 0 Å². The highest BCUT2D eigenvalue weighted by molar-refractivity contribution is 7.19. The molecule has 124 valence electrons. The fourth-order valence-electron chi connectivity index (χ4n) is 2.21. The standard InChI is InChI=1S/C19H18ClNO2S/c1-22-16-8-9-17-18(13-16)24-19(21-17)10-5-14-3-6-15(7-4-14)23-12-2-11-20/h3-10,13H,2,11-12H2,1H3. The fraction of sp³-hybridized carbons (Fsp3) is 0.211. The molecule has 1 aromatic heterocycles. The van der Waals surface area contributed by atoms with E-state index in [1.165, 1.54) is 0 Å².